The number of nitrogen functional groups attached to an aromatic ring is 1. The number of rotatable bonds is 5. The molecule has 20 heavy (non-hydrogen) atoms. The Morgan fingerprint density at radius 3 is 2.90 bits per heavy atom. The second-order valence-electron chi connectivity index (χ2n) is 4.30. The number of aromatic nitrogens is 2. The Labute approximate surface area is 121 Å². The van der Waals surface area contributed by atoms with Crippen LogP contribution in [0.1, 0.15) is 19.0 Å². The lowest BCUT2D eigenvalue weighted by Crippen LogP contribution is -2.10. The third-order valence-corrected chi connectivity index (χ3v) is 3.67. The van der Waals surface area contributed by atoms with Crippen molar-refractivity contribution in [2.75, 3.05) is 12.8 Å². The summed E-state index contributed by atoms with van der Waals surface area (Å²) >= 11 is 1.33. The molecule has 6 heteroatoms. The van der Waals surface area contributed by atoms with E-state index in [9.17, 15) is 4.79 Å². The van der Waals surface area contributed by atoms with Crippen LogP contribution in [-0.2, 0) is 6.42 Å². The van der Waals surface area contributed by atoms with Crippen molar-refractivity contribution < 1.29 is 4.74 Å². The number of H-pyrrole nitrogens is 1. The Morgan fingerprint density at radius 1 is 1.40 bits per heavy atom. The normalized spacial score (nSPS) is 10.5. The zero-order valence-corrected chi connectivity index (χ0v) is 12.3. The van der Waals surface area contributed by atoms with E-state index < -0.39 is 0 Å². The number of benzene rings is 1. The molecule has 0 radical (unpaired) electrons. The first-order valence-electron chi connectivity index (χ1n) is 6.34. The predicted octanol–water partition coefficient (Wildman–Crippen LogP) is 2.46. The van der Waals surface area contributed by atoms with Crippen LogP contribution >= 0.6 is 11.8 Å². The topological polar surface area (TPSA) is 81.0 Å². The maximum atomic E-state index is 11.6. The molecule has 0 aliphatic heterocycles. The number of aryl methyl sites for hydroxylation is 1. The van der Waals surface area contributed by atoms with E-state index in [2.05, 4.69) is 16.9 Å². The average Bonchev–Trinajstić information content (AvgIpc) is 2.41. The minimum Gasteiger partial charge on any atom is -0.497 e. The zero-order valence-electron chi connectivity index (χ0n) is 11.5. The van der Waals surface area contributed by atoms with Crippen molar-refractivity contribution in [3.05, 3.63) is 40.3 Å². The van der Waals surface area contributed by atoms with Gasteiger partial charge in [-0.2, -0.15) is 0 Å². The fourth-order valence-corrected chi connectivity index (χ4v) is 2.63. The number of hydrogen-bond acceptors (Lipinski definition) is 5. The number of nitrogens with one attached hydrogen (secondary N) is 1. The molecule has 0 aliphatic carbocycles. The van der Waals surface area contributed by atoms with Crippen LogP contribution in [0.4, 0.5) is 5.69 Å². The lowest BCUT2D eigenvalue weighted by atomic mass is 10.2. The van der Waals surface area contributed by atoms with E-state index in [1.165, 1.54) is 17.8 Å². The van der Waals surface area contributed by atoms with E-state index in [1.807, 2.05) is 6.07 Å². The molecule has 0 fully saturated rings. The lowest BCUT2D eigenvalue weighted by molar-refractivity contribution is 0.414. The molecule has 5 nitrogen and oxygen atoms in total. The van der Waals surface area contributed by atoms with Gasteiger partial charge in [0.25, 0.3) is 5.56 Å². The largest absolute Gasteiger partial charge is 0.497 e. The van der Waals surface area contributed by atoms with Gasteiger partial charge in [0.2, 0.25) is 0 Å². The molecular formula is C14H17N3O2S. The van der Waals surface area contributed by atoms with Crippen LogP contribution in [0, 0.1) is 0 Å². The molecule has 106 valence electrons. The molecule has 0 amide bonds. The number of hydrogen-bond donors (Lipinski definition) is 2. The summed E-state index contributed by atoms with van der Waals surface area (Å²) in [4.78, 5) is 19.6. The minimum atomic E-state index is -0.146. The molecule has 0 saturated carbocycles. The molecular weight excluding hydrogens is 274 g/mol. The standard InChI is InChI=1S/C14H17N3O2S/c1-3-4-9-7-13(18)17-14(16-9)20-12-8-10(19-2)5-6-11(12)15/h5-8H,3-4,15H2,1-2H3,(H,16,17,18). The van der Waals surface area contributed by atoms with Gasteiger partial charge < -0.3 is 15.5 Å². The molecule has 0 aliphatic rings. The highest BCUT2D eigenvalue weighted by molar-refractivity contribution is 7.99. The van der Waals surface area contributed by atoms with E-state index in [4.69, 9.17) is 10.5 Å². The first kappa shape index (κ1) is 14.5. The van der Waals surface area contributed by atoms with E-state index in [1.54, 1.807) is 19.2 Å². The highest BCUT2D eigenvalue weighted by Gasteiger charge is 2.07. The van der Waals surface area contributed by atoms with Crippen molar-refractivity contribution >= 4 is 17.4 Å². The van der Waals surface area contributed by atoms with E-state index >= 15 is 0 Å². The van der Waals surface area contributed by atoms with Gasteiger partial charge in [0.05, 0.1) is 7.11 Å². The Hall–Kier alpha value is -1.95. The summed E-state index contributed by atoms with van der Waals surface area (Å²) in [7, 11) is 1.60. The van der Waals surface area contributed by atoms with Crippen molar-refractivity contribution in [2.24, 2.45) is 0 Å². The molecule has 2 aromatic rings. The molecule has 3 N–H and O–H groups in total. The van der Waals surface area contributed by atoms with Gasteiger partial charge >= 0.3 is 0 Å². The molecule has 1 aromatic carbocycles. The van der Waals surface area contributed by atoms with Gasteiger partial charge in [-0.25, -0.2) is 4.98 Å². The van der Waals surface area contributed by atoms with E-state index in [0.717, 1.165) is 23.4 Å². The number of anilines is 1. The molecule has 0 atom stereocenters. The van der Waals surface area contributed by atoms with Crippen LogP contribution in [0.2, 0.25) is 0 Å². The molecule has 0 unspecified atom stereocenters. The van der Waals surface area contributed by atoms with Gasteiger partial charge in [-0.3, -0.25) is 4.79 Å². The monoisotopic (exact) mass is 291 g/mol. The maximum absolute atomic E-state index is 11.6. The summed E-state index contributed by atoms with van der Waals surface area (Å²) in [5.41, 5.74) is 7.20. The van der Waals surface area contributed by atoms with Crippen molar-refractivity contribution in [1.82, 2.24) is 9.97 Å². The van der Waals surface area contributed by atoms with Crippen LogP contribution in [-0.4, -0.2) is 17.1 Å². The summed E-state index contributed by atoms with van der Waals surface area (Å²) in [6, 6.07) is 6.92. The number of aromatic amines is 1. The van der Waals surface area contributed by atoms with Crippen LogP contribution in [0.15, 0.2) is 39.1 Å². The van der Waals surface area contributed by atoms with Gasteiger partial charge in [0, 0.05) is 22.3 Å². The highest BCUT2D eigenvalue weighted by Crippen LogP contribution is 2.32. The Morgan fingerprint density at radius 2 is 2.20 bits per heavy atom. The van der Waals surface area contributed by atoms with Crippen molar-refractivity contribution in [2.45, 2.75) is 29.8 Å². The third kappa shape index (κ3) is 3.54. The minimum absolute atomic E-state index is 0.146. The van der Waals surface area contributed by atoms with Gasteiger partial charge in [-0.05, 0) is 36.4 Å². The fraction of sp³-hybridized carbons (Fsp3) is 0.286. The third-order valence-electron chi connectivity index (χ3n) is 2.71. The van der Waals surface area contributed by atoms with Crippen molar-refractivity contribution in [1.29, 1.82) is 0 Å². The second kappa shape index (κ2) is 6.47. The van der Waals surface area contributed by atoms with Gasteiger partial charge in [0.15, 0.2) is 5.16 Å². The fourth-order valence-electron chi connectivity index (χ4n) is 1.75. The molecule has 0 spiro atoms. The van der Waals surface area contributed by atoms with Crippen LogP contribution < -0.4 is 16.0 Å². The molecule has 1 heterocycles. The molecule has 2 rings (SSSR count). The second-order valence-corrected chi connectivity index (χ2v) is 5.33. The molecule has 0 bridgehead atoms. The Bertz CT molecular complexity index is 655. The number of nitrogens with two attached hydrogens (primary N) is 1. The van der Waals surface area contributed by atoms with Gasteiger partial charge in [-0.15, -0.1) is 0 Å². The lowest BCUT2D eigenvalue weighted by Gasteiger charge is -2.08. The van der Waals surface area contributed by atoms with Crippen molar-refractivity contribution in [3.63, 3.8) is 0 Å². The average molecular weight is 291 g/mol. The summed E-state index contributed by atoms with van der Waals surface area (Å²) in [5, 5.41) is 0.543. The van der Waals surface area contributed by atoms with Gasteiger partial charge in [0.1, 0.15) is 5.75 Å². The number of ether oxygens (including phenoxy) is 1. The van der Waals surface area contributed by atoms with Crippen LogP contribution in [0.25, 0.3) is 0 Å². The number of nitrogens with zero attached hydrogens (tertiary/aromatic N) is 1. The van der Waals surface area contributed by atoms with Crippen LogP contribution in [0.3, 0.4) is 0 Å². The smallest absolute Gasteiger partial charge is 0.251 e. The van der Waals surface area contributed by atoms with E-state index in [0.29, 0.717) is 16.6 Å². The van der Waals surface area contributed by atoms with Crippen LogP contribution in [0.5, 0.6) is 5.75 Å². The zero-order chi connectivity index (χ0) is 14.5. The summed E-state index contributed by atoms with van der Waals surface area (Å²) < 4.78 is 5.17. The quantitative estimate of drug-likeness (QED) is 0.653. The van der Waals surface area contributed by atoms with Gasteiger partial charge in [-0.1, -0.05) is 13.3 Å². The molecule has 1 aromatic heterocycles. The van der Waals surface area contributed by atoms with Crippen molar-refractivity contribution in [3.8, 4) is 5.75 Å². The molecule has 0 saturated heterocycles. The summed E-state index contributed by atoms with van der Waals surface area (Å²) in [5.74, 6) is 0.716. The summed E-state index contributed by atoms with van der Waals surface area (Å²) in [6.07, 6.45) is 1.73. The SMILES string of the molecule is CCCc1cc(=O)[nH]c(Sc2cc(OC)ccc2N)n1. The summed E-state index contributed by atoms with van der Waals surface area (Å²) in [6.45, 7) is 2.05. The first-order valence-corrected chi connectivity index (χ1v) is 7.15. The highest BCUT2D eigenvalue weighted by atomic mass is 32.2. The predicted molar refractivity (Wildman–Crippen MR) is 80.4 cm³/mol. The maximum Gasteiger partial charge on any atom is 0.251 e. The number of methoxy groups -OCH3 is 1. The Kier molecular flexibility index (Phi) is 4.68. The first-order chi connectivity index (χ1) is 9.62. The Balaban J connectivity index is 2.31. The van der Waals surface area contributed by atoms with E-state index in [-0.39, 0.29) is 5.56 Å².